The van der Waals surface area contributed by atoms with E-state index >= 15 is 0 Å². The predicted octanol–water partition coefficient (Wildman–Crippen LogP) is 3.56. The molecule has 1 fully saturated rings. The van der Waals surface area contributed by atoms with Crippen molar-refractivity contribution in [3.63, 3.8) is 0 Å². The molecule has 0 aliphatic carbocycles. The van der Waals surface area contributed by atoms with Crippen LogP contribution in [0.3, 0.4) is 0 Å². The van der Waals surface area contributed by atoms with Crippen molar-refractivity contribution in [2.24, 2.45) is 5.92 Å². The molecule has 1 amide bonds. The van der Waals surface area contributed by atoms with Gasteiger partial charge in [0.05, 0.1) is 15.5 Å². The maximum Gasteiger partial charge on any atom is 0.271 e. The van der Waals surface area contributed by atoms with Gasteiger partial charge in [0.2, 0.25) is 15.9 Å². The van der Waals surface area contributed by atoms with E-state index in [1.807, 2.05) is 13.8 Å². The molecule has 1 heterocycles. The summed E-state index contributed by atoms with van der Waals surface area (Å²) in [5.74, 6) is -0.600. The number of anilines is 1. The number of nitrogens with zero attached hydrogens (tertiary/aromatic N) is 2. The van der Waals surface area contributed by atoms with E-state index in [9.17, 15) is 23.3 Å². The summed E-state index contributed by atoms with van der Waals surface area (Å²) in [6.45, 7) is 6.07. The molecule has 30 heavy (non-hydrogen) atoms. The maximum atomic E-state index is 12.9. The monoisotopic (exact) mass is 431 g/mol. The van der Waals surface area contributed by atoms with Crippen LogP contribution in [0, 0.1) is 36.8 Å². The molecule has 0 aromatic heterocycles. The summed E-state index contributed by atoms with van der Waals surface area (Å²) in [4.78, 5) is 23.4. The second-order valence-electron chi connectivity index (χ2n) is 7.67. The topological polar surface area (TPSA) is 110 Å². The molecule has 1 N–H and O–H groups in total. The largest absolute Gasteiger partial charge is 0.325 e. The number of nitrogens with one attached hydrogen (secondary N) is 1. The molecule has 3 rings (SSSR count). The Morgan fingerprint density at radius 1 is 1.03 bits per heavy atom. The fraction of sp³-hybridized carbons (Fsp3) is 0.381. The van der Waals surface area contributed by atoms with Crippen LogP contribution >= 0.6 is 0 Å². The number of benzene rings is 2. The fourth-order valence-electron chi connectivity index (χ4n) is 3.47. The minimum atomic E-state index is -3.60. The molecule has 1 aliphatic rings. The quantitative estimate of drug-likeness (QED) is 0.575. The van der Waals surface area contributed by atoms with E-state index in [2.05, 4.69) is 5.32 Å². The molecule has 0 radical (unpaired) electrons. The van der Waals surface area contributed by atoms with Gasteiger partial charge >= 0.3 is 0 Å². The van der Waals surface area contributed by atoms with Crippen LogP contribution in [0.5, 0.6) is 0 Å². The summed E-state index contributed by atoms with van der Waals surface area (Å²) in [5, 5.41) is 13.7. The highest BCUT2D eigenvalue weighted by atomic mass is 32.2. The van der Waals surface area contributed by atoms with Crippen LogP contribution in [-0.2, 0) is 14.8 Å². The number of non-ortho nitro benzene ring substituents is 1. The maximum absolute atomic E-state index is 12.9. The molecule has 1 saturated heterocycles. The number of carbonyl (C=O) groups is 1. The first-order valence-corrected chi connectivity index (χ1v) is 11.2. The van der Waals surface area contributed by atoms with Gasteiger partial charge in [-0.05, 0) is 62.4 Å². The van der Waals surface area contributed by atoms with E-state index in [4.69, 9.17) is 0 Å². The molecule has 2 aromatic rings. The highest BCUT2D eigenvalue weighted by Crippen LogP contribution is 2.27. The Morgan fingerprint density at radius 3 is 2.27 bits per heavy atom. The predicted molar refractivity (Wildman–Crippen MR) is 114 cm³/mol. The number of piperidine rings is 1. The van der Waals surface area contributed by atoms with Crippen LogP contribution in [0.1, 0.15) is 29.5 Å². The van der Waals surface area contributed by atoms with Gasteiger partial charge in [-0.2, -0.15) is 4.31 Å². The molecule has 0 unspecified atom stereocenters. The van der Waals surface area contributed by atoms with E-state index in [1.165, 1.54) is 16.4 Å². The molecule has 0 saturated carbocycles. The molecular formula is C21H25N3O5S. The van der Waals surface area contributed by atoms with Crippen molar-refractivity contribution in [1.29, 1.82) is 0 Å². The van der Waals surface area contributed by atoms with Gasteiger partial charge in [-0.25, -0.2) is 8.42 Å². The Bertz CT molecular complexity index is 1090. The lowest BCUT2D eigenvalue weighted by Crippen LogP contribution is -2.41. The summed E-state index contributed by atoms with van der Waals surface area (Å²) >= 11 is 0. The first-order chi connectivity index (χ1) is 14.1. The summed E-state index contributed by atoms with van der Waals surface area (Å²) in [6.07, 6.45) is 0.785. The zero-order valence-corrected chi connectivity index (χ0v) is 18.0. The van der Waals surface area contributed by atoms with Gasteiger partial charge in [-0.1, -0.05) is 12.1 Å². The first-order valence-electron chi connectivity index (χ1n) is 9.73. The van der Waals surface area contributed by atoms with E-state index < -0.39 is 14.9 Å². The van der Waals surface area contributed by atoms with Crippen LogP contribution in [0.4, 0.5) is 11.4 Å². The first kappa shape index (κ1) is 21.9. The van der Waals surface area contributed by atoms with Crippen molar-refractivity contribution in [2.45, 2.75) is 38.5 Å². The van der Waals surface area contributed by atoms with Crippen molar-refractivity contribution >= 4 is 27.3 Å². The Balaban J connectivity index is 1.66. The number of sulfonamides is 1. The van der Waals surface area contributed by atoms with E-state index in [0.717, 1.165) is 16.7 Å². The smallest absolute Gasteiger partial charge is 0.271 e. The van der Waals surface area contributed by atoms with Gasteiger partial charge in [-0.15, -0.1) is 0 Å². The standard InChI is InChI=1S/C21H25N3O5S/c1-14-5-7-19(12-16(14)3)30(28,29)23-10-8-17(9-11-23)21(25)22-20-13-18(24(26)27)6-4-15(20)2/h4-7,12-13,17H,8-11H2,1-3H3,(H,22,25). The number of carbonyl (C=O) groups excluding carboxylic acids is 1. The van der Waals surface area contributed by atoms with Crippen molar-refractivity contribution in [2.75, 3.05) is 18.4 Å². The van der Waals surface area contributed by atoms with Crippen LogP contribution in [-0.4, -0.2) is 36.6 Å². The SMILES string of the molecule is Cc1ccc(S(=O)(=O)N2CCC(C(=O)Nc3cc([N+](=O)[O-])ccc3C)CC2)cc1C. The molecule has 8 nitrogen and oxygen atoms in total. The number of amides is 1. The van der Waals surface area contributed by atoms with Gasteiger partial charge in [0.1, 0.15) is 0 Å². The zero-order chi connectivity index (χ0) is 22.1. The van der Waals surface area contributed by atoms with E-state index in [1.54, 1.807) is 31.2 Å². The lowest BCUT2D eigenvalue weighted by atomic mass is 9.97. The molecule has 9 heteroatoms. The molecule has 0 spiro atoms. The minimum Gasteiger partial charge on any atom is -0.325 e. The van der Waals surface area contributed by atoms with E-state index in [-0.39, 0.29) is 35.5 Å². The van der Waals surface area contributed by atoms with Gasteiger partial charge in [-0.3, -0.25) is 14.9 Å². The van der Waals surface area contributed by atoms with E-state index in [0.29, 0.717) is 18.5 Å². The van der Waals surface area contributed by atoms with Gasteiger partial charge in [0.15, 0.2) is 0 Å². The van der Waals surface area contributed by atoms with Gasteiger partial charge in [0, 0.05) is 31.1 Å². The summed E-state index contributed by atoms with van der Waals surface area (Å²) < 4.78 is 27.3. The highest BCUT2D eigenvalue weighted by Gasteiger charge is 2.32. The average molecular weight is 432 g/mol. The van der Waals surface area contributed by atoms with Crippen molar-refractivity contribution in [1.82, 2.24) is 4.31 Å². The average Bonchev–Trinajstić information content (AvgIpc) is 2.71. The Morgan fingerprint density at radius 2 is 1.67 bits per heavy atom. The Hall–Kier alpha value is -2.78. The van der Waals surface area contributed by atoms with Crippen LogP contribution < -0.4 is 5.32 Å². The fourth-order valence-corrected chi connectivity index (χ4v) is 5.03. The number of hydrogen-bond acceptors (Lipinski definition) is 5. The lowest BCUT2D eigenvalue weighted by Gasteiger charge is -2.30. The summed E-state index contributed by atoms with van der Waals surface area (Å²) in [5.41, 5.74) is 2.98. The molecular weight excluding hydrogens is 406 g/mol. The lowest BCUT2D eigenvalue weighted by molar-refractivity contribution is -0.384. The molecule has 160 valence electrons. The molecule has 2 aromatic carbocycles. The highest BCUT2D eigenvalue weighted by molar-refractivity contribution is 7.89. The summed E-state index contributed by atoms with van der Waals surface area (Å²) in [6, 6.07) is 9.40. The normalized spacial score (nSPS) is 15.7. The molecule has 1 aliphatic heterocycles. The van der Waals surface area contributed by atoms with Gasteiger partial charge < -0.3 is 5.32 Å². The number of hydrogen-bond donors (Lipinski definition) is 1. The summed E-state index contributed by atoms with van der Waals surface area (Å²) in [7, 11) is -3.60. The third-order valence-corrected chi connectivity index (χ3v) is 7.53. The number of nitro groups is 1. The Kier molecular flexibility index (Phi) is 6.23. The van der Waals surface area contributed by atoms with Crippen molar-refractivity contribution in [3.8, 4) is 0 Å². The van der Waals surface area contributed by atoms with Gasteiger partial charge in [0.25, 0.3) is 5.69 Å². The Labute approximate surface area is 176 Å². The van der Waals surface area contributed by atoms with Crippen LogP contribution in [0.25, 0.3) is 0 Å². The van der Waals surface area contributed by atoms with Crippen molar-refractivity contribution < 1.29 is 18.1 Å². The van der Waals surface area contributed by atoms with Crippen LogP contribution in [0.15, 0.2) is 41.3 Å². The second-order valence-corrected chi connectivity index (χ2v) is 9.61. The number of nitro benzene ring substituents is 1. The molecule has 0 atom stereocenters. The minimum absolute atomic E-state index is 0.0924. The number of rotatable bonds is 5. The van der Waals surface area contributed by atoms with Crippen LogP contribution in [0.2, 0.25) is 0 Å². The third-order valence-electron chi connectivity index (χ3n) is 5.63. The van der Waals surface area contributed by atoms with Crippen molar-refractivity contribution in [3.05, 3.63) is 63.2 Å². The third kappa shape index (κ3) is 4.52. The molecule has 0 bridgehead atoms. The second kappa shape index (κ2) is 8.53. The zero-order valence-electron chi connectivity index (χ0n) is 17.2. The number of aryl methyl sites for hydroxylation is 3.